The van der Waals surface area contributed by atoms with Crippen LogP contribution in [-0.4, -0.2) is 19.3 Å². The number of hydrogen-bond acceptors (Lipinski definition) is 1. The molecule has 1 N–H and O–H groups in total. The van der Waals surface area contributed by atoms with Gasteiger partial charge in [0.15, 0.2) is 0 Å². The van der Waals surface area contributed by atoms with Crippen LogP contribution >= 0.6 is 0 Å². The number of nitrogens with one attached hydrogen (secondary N) is 1. The van der Waals surface area contributed by atoms with E-state index in [4.69, 9.17) is 0 Å². The maximum atomic E-state index is 12.2. The van der Waals surface area contributed by atoms with Gasteiger partial charge in [-0.2, -0.15) is 0 Å². The molecule has 0 aliphatic rings. The predicted molar refractivity (Wildman–Crippen MR) is 101 cm³/mol. The molecule has 23 heavy (non-hydrogen) atoms. The van der Waals surface area contributed by atoms with Crippen molar-refractivity contribution in [3.8, 4) is 0 Å². The summed E-state index contributed by atoms with van der Waals surface area (Å²) in [6, 6.07) is 7.15. The monoisotopic (exact) mass is 319 g/mol. The van der Waals surface area contributed by atoms with E-state index < -0.39 is 0 Å². The van der Waals surface area contributed by atoms with E-state index in [1.54, 1.807) is 0 Å². The molecule has 0 radical (unpaired) electrons. The molecule has 0 fully saturated rings. The zero-order valence-electron chi connectivity index (χ0n) is 15.4. The second-order valence-electron chi connectivity index (χ2n) is 6.98. The lowest BCUT2D eigenvalue weighted by Crippen LogP contribution is -2.30. The first-order valence-corrected chi connectivity index (χ1v) is 9.04. The lowest BCUT2D eigenvalue weighted by Gasteiger charge is -2.17. The summed E-state index contributed by atoms with van der Waals surface area (Å²) in [5.41, 5.74) is 5.30. The van der Waals surface area contributed by atoms with E-state index in [0.717, 1.165) is 32.1 Å². The minimum absolute atomic E-state index is 0.287. The third-order valence-corrected chi connectivity index (χ3v) is 4.44. The van der Waals surface area contributed by atoms with Crippen LogP contribution in [0.4, 0.5) is 4.39 Å². The summed E-state index contributed by atoms with van der Waals surface area (Å²) in [5, 5.41) is 3.27. The molecular weight excluding hydrogens is 285 g/mol. The van der Waals surface area contributed by atoms with Crippen LogP contribution < -0.4 is 5.32 Å². The van der Waals surface area contributed by atoms with Crippen LogP contribution in [0.25, 0.3) is 5.57 Å². The van der Waals surface area contributed by atoms with Crippen LogP contribution in [0.3, 0.4) is 0 Å². The van der Waals surface area contributed by atoms with Gasteiger partial charge in [0, 0.05) is 12.6 Å². The summed E-state index contributed by atoms with van der Waals surface area (Å²) < 4.78 is 12.2. The molecule has 0 aromatic heterocycles. The Morgan fingerprint density at radius 1 is 1.30 bits per heavy atom. The van der Waals surface area contributed by atoms with E-state index in [-0.39, 0.29) is 6.67 Å². The quantitative estimate of drug-likeness (QED) is 0.550. The lowest BCUT2D eigenvalue weighted by atomic mass is 9.93. The SMILES string of the molecule is C=C(CCCC(CC)NCCF)c1ccc(C)c(CC(C)C)c1. The van der Waals surface area contributed by atoms with Gasteiger partial charge in [-0.25, -0.2) is 4.39 Å². The van der Waals surface area contributed by atoms with E-state index in [1.807, 2.05) is 0 Å². The summed E-state index contributed by atoms with van der Waals surface area (Å²) in [6.07, 6.45) is 5.37. The number of halogens is 1. The molecule has 2 heteroatoms. The lowest BCUT2D eigenvalue weighted by molar-refractivity contribution is 0.405. The standard InChI is InChI=1S/C21H34FN/c1-6-21(23-13-12-22)9-7-8-17(4)19-11-10-18(5)20(15-19)14-16(2)3/h10-11,15-16,21,23H,4,6-9,12-14H2,1-3,5H3. The summed E-state index contributed by atoms with van der Waals surface area (Å²) >= 11 is 0. The molecule has 0 bridgehead atoms. The normalized spacial score (nSPS) is 12.6. The molecule has 1 aromatic carbocycles. The highest BCUT2D eigenvalue weighted by molar-refractivity contribution is 5.64. The highest BCUT2D eigenvalue weighted by Crippen LogP contribution is 2.23. The molecular formula is C21H34FN. The molecule has 0 spiro atoms. The minimum atomic E-state index is -0.287. The minimum Gasteiger partial charge on any atom is -0.311 e. The fourth-order valence-corrected chi connectivity index (χ4v) is 2.97. The van der Waals surface area contributed by atoms with Crippen LogP contribution in [0.5, 0.6) is 0 Å². The molecule has 130 valence electrons. The average Bonchev–Trinajstić information content (AvgIpc) is 2.52. The molecule has 0 heterocycles. The molecule has 1 aromatic rings. The van der Waals surface area contributed by atoms with Crippen molar-refractivity contribution in [2.45, 2.75) is 65.8 Å². The number of aryl methyl sites for hydroxylation is 1. The summed E-state index contributed by atoms with van der Waals surface area (Å²) in [4.78, 5) is 0. The third kappa shape index (κ3) is 7.30. The fourth-order valence-electron chi connectivity index (χ4n) is 2.97. The third-order valence-electron chi connectivity index (χ3n) is 4.44. The van der Waals surface area contributed by atoms with E-state index in [0.29, 0.717) is 18.5 Å². The van der Waals surface area contributed by atoms with E-state index in [1.165, 1.54) is 22.3 Å². The summed E-state index contributed by atoms with van der Waals surface area (Å²) in [5.74, 6) is 0.670. The molecule has 0 saturated carbocycles. The first-order chi connectivity index (χ1) is 11.0. The number of benzene rings is 1. The van der Waals surface area contributed by atoms with Crippen molar-refractivity contribution in [1.29, 1.82) is 0 Å². The van der Waals surface area contributed by atoms with Crippen molar-refractivity contribution in [3.05, 3.63) is 41.5 Å². The van der Waals surface area contributed by atoms with Crippen LogP contribution in [0, 0.1) is 12.8 Å². The number of rotatable bonds is 11. The zero-order valence-corrected chi connectivity index (χ0v) is 15.4. The molecule has 1 atom stereocenters. The first kappa shape index (κ1) is 19.9. The predicted octanol–water partition coefficient (Wildman–Crippen LogP) is 5.71. The van der Waals surface area contributed by atoms with Crippen molar-refractivity contribution in [3.63, 3.8) is 0 Å². The summed E-state index contributed by atoms with van der Waals surface area (Å²) in [7, 11) is 0. The maximum absolute atomic E-state index is 12.2. The summed E-state index contributed by atoms with van der Waals surface area (Å²) in [6.45, 7) is 13.3. The van der Waals surface area contributed by atoms with Gasteiger partial charge in [0.25, 0.3) is 0 Å². The van der Waals surface area contributed by atoms with Gasteiger partial charge in [0.2, 0.25) is 0 Å². The van der Waals surface area contributed by atoms with E-state index in [9.17, 15) is 4.39 Å². The average molecular weight is 320 g/mol. The van der Waals surface area contributed by atoms with Gasteiger partial charge < -0.3 is 5.32 Å². The maximum Gasteiger partial charge on any atom is 0.102 e. The van der Waals surface area contributed by atoms with Crippen LogP contribution in [0.1, 0.15) is 63.1 Å². The Bertz CT molecular complexity index is 479. The van der Waals surface area contributed by atoms with Crippen molar-refractivity contribution >= 4 is 5.57 Å². The second kappa shape index (κ2) is 10.6. The van der Waals surface area contributed by atoms with Gasteiger partial charge in [0.1, 0.15) is 6.67 Å². The van der Waals surface area contributed by atoms with Crippen molar-refractivity contribution < 1.29 is 4.39 Å². The molecule has 0 aliphatic carbocycles. The van der Waals surface area contributed by atoms with Gasteiger partial charge >= 0.3 is 0 Å². The van der Waals surface area contributed by atoms with Crippen LogP contribution in [0.2, 0.25) is 0 Å². The van der Waals surface area contributed by atoms with E-state index >= 15 is 0 Å². The van der Waals surface area contributed by atoms with Gasteiger partial charge in [-0.3, -0.25) is 0 Å². The Hall–Kier alpha value is -1.15. The molecule has 1 nitrogen and oxygen atoms in total. The number of alkyl halides is 1. The molecule has 0 amide bonds. The highest BCUT2D eigenvalue weighted by atomic mass is 19.1. The second-order valence-corrected chi connectivity index (χ2v) is 6.98. The Labute approximate surface area is 142 Å². The van der Waals surface area contributed by atoms with Gasteiger partial charge in [0.05, 0.1) is 0 Å². The van der Waals surface area contributed by atoms with Crippen LogP contribution in [-0.2, 0) is 6.42 Å². The number of hydrogen-bond donors (Lipinski definition) is 1. The molecule has 0 aliphatic heterocycles. The van der Waals surface area contributed by atoms with Gasteiger partial charge in [-0.05, 0) is 67.2 Å². The highest BCUT2D eigenvalue weighted by Gasteiger charge is 2.08. The van der Waals surface area contributed by atoms with Crippen molar-refractivity contribution in [2.24, 2.45) is 5.92 Å². The molecule has 1 unspecified atom stereocenters. The van der Waals surface area contributed by atoms with Crippen molar-refractivity contribution in [1.82, 2.24) is 5.32 Å². The number of allylic oxidation sites excluding steroid dienone is 1. The van der Waals surface area contributed by atoms with E-state index in [2.05, 4.69) is 57.8 Å². The Morgan fingerprint density at radius 2 is 2.04 bits per heavy atom. The smallest absolute Gasteiger partial charge is 0.102 e. The Kier molecular flexibility index (Phi) is 9.16. The fraction of sp³-hybridized carbons (Fsp3) is 0.619. The van der Waals surface area contributed by atoms with Gasteiger partial charge in [-0.1, -0.05) is 45.5 Å². The zero-order chi connectivity index (χ0) is 17.2. The van der Waals surface area contributed by atoms with Crippen LogP contribution in [0.15, 0.2) is 24.8 Å². The largest absolute Gasteiger partial charge is 0.311 e. The molecule has 0 saturated heterocycles. The van der Waals surface area contributed by atoms with Gasteiger partial charge in [-0.15, -0.1) is 0 Å². The first-order valence-electron chi connectivity index (χ1n) is 9.04. The van der Waals surface area contributed by atoms with Crippen molar-refractivity contribution in [2.75, 3.05) is 13.2 Å². The molecule has 1 rings (SSSR count). The topological polar surface area (TPSA) is 12.0 Å². The Morgan fingerprint density at radius 3 is 2.65 bits per heavy atom. The Balaban J connectivity index is 2.54.